The summed E-state index contributed by atoms with van der Waals surface area (Å²) in [5.74, 6) is 0. The van der Waals surface area contributed by atoms with Gasteiger partial charge in [0.15, 0.2) is 0 Å². The number of aryl methyl sites for hydroxylation is 1. The van der Waals surface area contributed by atoms with Crippen molar-refractivity contribution in [1.82, 2.24) is 14.8 Å². The van der Waals surface area contributed by atoms with Crippen molar-refractivity contribution in [1.29, 1.82) is 0 Å². The molecule has 0 saturated carbocycles. The van der Waals surface area contributed by atoms with Crippen LogP contribution in [0.5, 0.6) is 0 Å². The van der Waals surface area contributed by atoms with Crippen LogP contribution < -0.4 is 0 Å². The minimum atomic E-state index is 0.0933. The highest BCUT2D eigenvalue weighted by Gasteiger charge is 2.15. The summed E-state index contributed by atoms with van der Waals surface area (Å²) in [7, 11) is 0. The van der Waals surface area contributed by atoms with Gasteiger partial charge in [-0.25, -0.2) is 0 Å². The van der Waals surface area contributed by atoms with Gasteiger partial charge in [-0.3, -0.25) is 9.67 Å². The van der Waals surface area contributed by atoms with Gasteiger partial charge >= 0.3 is 0 Å². The first-order valence-corrected chi connectivity index (χ1v) is 5.91. The number of hydrogen-bond acceptors (Lipinski definition) is 2. The molecular weight excluding hydrogens is 210 g/mol. The van der Waals surface area contributed by atoms with E-state index in [1.165, 1.54) is 0 Å². The summed E-state index contributed by atoms with van der Waals surface area (Å²) in [6.07, 6.45) is 1.99. The third-order valence-corrected chi connectivity index (χ3v) is 2.67. The summed E-state index contributed by atoms with van der Waals surface area (Å²) in [6, 6.07) is 8.21. The molecule has 0 aromatic carbocycles. The Morgan fingerprint density at radius 3 is 2.53 bits per heavy atom. The zero-order valence-electron chi connectivity index (χ0n) is 10.9. The predicted octanol–water partition coefficient (Wildman–Crippen LogP) is 2.93. The van der Waals surface area contributed by atoms with Crippen LogP contribution in [0.2, 0.25) is 0 Å². The zero-order chi connectivity index (χ0) is 12.5. The molecule has 0 aliphatic rings. The molecule has 0 saturated heterocycles. The number of aromatic nitrogens is 3. The molecule has 0 aliphatic carbocycles. The Balaban J connectivity index is 2.22. The zero-order valence-corrected chi connectivity index (χ0v) is 10.9. The van der Waals surface area contributed by atoms with Gasteiger partial charge in [0.05, 0.1) is 17.9 Å². The first-order valence-electron chi connectivity index (χ1n) is 5.91. The fourth-order valence-electron chi connectivity index (χ4n) is 1.70. The van der Waals surface area contributed by atoms with Crippen LogP contribution >= 0.6 is 0 Å². The number of hydrogen-bond donors (Lipinski definition) is 0. The maximum atomic E-state index is 4.69. The summed E-state index contributed by atoms with van der Waals surface area (Å²) < 4.78 is 1.92. The summed E-state index contributed by atoms with van der Waals surface area (Å²) in [6.45, 7) is 9.26. The maximum absolute atomic E-state index is 4.69. The minimum absolute atomic E-state index is 0.0933. The van der Waals surface area contributed by atoms with Gasteiger partial charge in [-0.05, 0) is 25.1 Å². The van der Waals surface area contributed by atoms with Gasteiger partial charge in [0, 0.05) is 17.3 Å². The molecule has 0 aliphatic heterocycles. The van der Waals surface area contributed by atoms with Crippen molar-refractivity contribution in [2.45, 2.75) is 39.7 Å². The van der Waals surface area contributed by atoms with E-state index >= 15 is 0 Å². The normalized spacial score (nSPS) is 11.8. The van der Waals surface area contributed by atoms with E-state index in [0.717, 1.165) is 23.6 Å². The topological polar surface area (TPSA) is 30.7 Å². The molecule has 90 valence electrons. The Hall–Kier alpha value is -1.64. The van der Waals surface area contributed by atoms with Crippen LogP contribution in [0.4, 0.5) is 0 Å². The smallest absolute Gasteiger partial charge is 0.0831 e. The van der Waals surface area contributed by atoms with Crippen molar-refractivity contribution in [3.05, 3.63) is 47.5 Å². The average Bonchev–Trinajstić information content (AvgIpc) is 2.63. The lowest BCUT2D eigenvalue weighted by Crippen LogP contribution is -2.15. The van der Waals surface area contributed by atoms with E-state index in [4.69, 9.17) is 0 Å². The molecule has 0 N–H and O–H groups in total. The third-order valence-electron chi connectivity index (χ3n) is 2.67. The Morgan fingerprint density at radius 1 is 1.18 bits per heavy atom. The number of rotatable bonds is 2. The van der Waals surface area contributed by atoms with Gasteiger partial charge in [-0.2, -0.15) is 5.10 Å². The summed E-state index contributed by atoms with van der Waals surface area (Å²) in [4.78, 5) is 4.69. The highest BCUT2D eigenvalue weighted by atomic mass is 15.3. The van der Waals surface area contributed by atoms with Gasteiger partial charge in [-0.15, -0.1) is 0 Å². The van der Waals surface area contributed by atoms with Gasteiger partial charge in [0.1, 0.15) is 0 Å². The molecule has 0 bridgehead atoms. The second kappa shape index (κ2) is 4.32. The molecule has 0 amide bonds. The minimum Gasteiger partial charge on any atom is -0.266 e. The molecule has 0 fully saturated rings. The molecular formula is C14H19N3. The third kappa shape index (κ3) is 2.93. The van der Waals surface area contributed by atoms with Crippen LogP contribution in [-0.2, 0) is 12.0 Å². The molecule has 2 heterocycles. The van der Waals surface area contributed by atoms with Crippen molar-refractivity contribution < 1.29 is 0 Å². The van der Waals surface area contributed by atoms with Crippen LogP contribution in [0.3, 0.4) is 0 Å². The molecule has 2 aromatic heterocycles. The van der Waals surface area contributed by atoms with Crippen molar-refractivity contribution >= 4 is 0 Å². The van der Waals surface area contributed by atoms with Crippen molar-refractivity contribution in [2.24, 2.45) is 0 Å². The summed E-state index contributed by atoms with van der Waals surface area (Å²) in [5, 5.41) is 4.37. The second-order valence-corrected chi connectivity index (χ2v) is 5.42. The SMILES string of the molecule is Cc1ccn(Cc2cccc(C(C)(C)C)n2)n1. The second-order valence-electron chi connectivity index (χ2n) is 5.42. The monoisotopic (exact) mass is 229 g/mol. The fourth-order valence-corrected chi connectivity index (χ4v) is 1.70. The van der Waals surface area contributed by atoms with Crippen molar-refractivity contribution in [3.63, 3.8) is 0 Å². The Bertz CT molecular complexity index is 506. The van der Waals surface area contributed by atoms with Crippen LogP contribution in [0, 0.1) is 6.92 Å². The van der Waals surface area contributed by atoms with E-state index in [-0.39, 0.29) is 5.41 Å². The molecule has 0 atom stereocenters. The van der Waals surface area contributed by atoms with Crippen molar-refractivity contribution in [2.75, 3.05) is 0 Å². The molecule has 2 aromatic rings. The van der Waals surface area contributed by atoms with Gasteiger partial charge in [0.2, 0.25) is 0 Å². The van der Waals surface area contributed by atoms with Crippen LogP contribution in [-0.4, -0.2) is 14.8 Å². The number of pyridine rings is 1. The molecule has 3 heteroatoms. The van der Waals surface area contributed by atoms with E-state index in [1.807, 2.05) is 29.9 Å². The fraction of sp³-hybridized carbons (Fsp3) is 0.429. The molecule has 0 spiro atoms. The van der Waals surface area contributed by atoms with Gasteiger partial charge in [0.25, 0.3) is 0 Å². The summed E-state index contributed by atoms with van der Waals surface area (Å²) >= 11 is 0. The molecule has 0 unspecified atom stereocenters. The van der Waals surface area contributed by atoms with E-state index in [0.29, 0.717) is 0 Å². The highest BCUT2D eigenvalue weighted by Crippen LogP contribution is 2.19. The van der Waals surface area contributed by atoms with Crippen LogP contribution in [0.25, 0.3) is 0 Å². The Kier molecular flexibility index (Phi) is 3.01. The lowest BCUT2D eigenvalue weighted by Gasteiger charge is -2.18. The quantitative estimate of drug-likeness (QED) is 0.792. The van der Waals surface area contributed by atoms with Gasteiger partial charge in [-0.1, -0.05) is 26.8 Å². The van der Waals surface area contributed by atoms with Gasteiger partial charge < -0.3 is 0 Å². The lowest BCUT2D eigenvalue weighted by molar-refractivity contribution is 0.560. The first kappa shape index (κ1) is 11.8. The first-order chi connectivity index (χ1) is 7.95. The maximum Gasteiger partial charge on any atom is 0.0831 e. The number of nitrogens with zero attached hydrogens (tertiary/aromatic N) is 3. The Labute approximate surface area is 103 Å². The highest BCUT2D eigenvalue weighted by molar-refractivity contribution is 5.17. The predicted molar refractivity (Wildman–Crippen MR) is 69.0 cm³/mol. The van der Waals surface area contributed by atoms with Crippen LogP contribution in [0.15, 0.2) is 30.5 Å². The molecule has 3 nitrogen and oxygen atoms in total. The molecule has 2 rings (SSSR count). The van der Waals surface area contributed by atoms with E-state index in [9.17, 15) is 0 Å². The van der Waals surface area contributed by atoms with E-state index in [2.05, 4.69) is 43.0 Å². The van der Waals surface area contributed by atoms with E-state index in [1.54, 1.807) is 0 Å². The average molecular weight is 229 g/mol. The Morgan fingerprint density at radius 2 is 1.94 bits per heavy atom. The lowest BCUT2D eigenvalue weighted by atomic mass is 9.91. The largest absolute Gasteiger partial charge is 0.266 e. The molecule has 17 heavy (non-hydrogen) atoms. The van der Waals surface area contributed by atoms with Crippen LogP contribution in [0.1, 0.15) is 37.9 Å². The summed E-state index contributed by atoms with van der Waals surface area (Å²) in [5.41, 5.74) is 3.31. The van der Waals surface area contributed by atoms with Crippen molar-refractivity contribution in [3.8, 4) is 0 Å². The van der Waals surface area contributed by atoms with E-state index < -0.39 is 0 Å². The molecule has 0 radical (unpaired) electrons. The standard InChI is InChI=1S/C14H19N3/c1-11-8-9-17(16-11)10-12-6-5-7-13(15-12)14(2,3)4/h5-9H,10H2,1-4H3.